The van der Waals surface area contributed by atoms with Crippen molar-refractivity contribution in [2.24, 2.45) is 5.84 Å². The first kappa shape index (κ1) is 6.64. The van der Waals surface area contributed by atoms with Gasteiger partial charge in [0, 0.05) is 6.54 Å². The molecule has 1 aliphatic heterocycles. The van der Waals surface area contributed by atoms with Gasteiger partial charge in [-0.15, -0.1) is 0 Å². The van der Waals surface area contributed by atoms with Gasteiger partial charge in [0.15, 0.2) is 0 Å². The topological polar surface area (TPSA) is 29.3 Å². The van der Waals surface area contributed by atoms with Crippen LogP contribution in [-0.2, 0) is 0 Å². The summed E-state index contributed by atoms with van der Waals surface area (Å²) in [4.78, 5) is 0. The first-order valence-electron chi connectivity index (χ1n) is 2.65. The van der Waals surface area contributed by atoms with Crippen LogP contribution < -0.4 is 5.84 Å². The molecule has 2 N–H and O–H groups in total. The second kappa shape index (κ2) is 2.04. The molecule has 52 valence electrons. The van der Waals surface area contributed by atoms with E-state index in [0.717, 1.165) is 11.1 Å². The SMILES string of the molecule is NN1CC=CC(F)(F)C1. The van der Waals surface area contributed by atoms with Gasteiger partial charge >= 0.3 is 0 Å². The number of nitrogens with zero attached hydrogens (tertiary/aromatic N) is 1. The third-order valence-corrected chi connectivity index (χ3v) is 1.12. The van der Waals surface area contributed by atoms with E-state index in [4.69, 9.17) is 5.84 Å². The summed E-state index contributed by atoms with van der Waals surface area (Å²) in [6, 6.07) is 0. The summed E-state index contributed by atoms with van der Waals surface area (Å²) in [5.41, 5.74) is 0. The molecule has 9 heavy (non-hydrogen) atoms. The molecule has 0 saturated heterocycles. The maximum atomic E-state index is 12.2. The van der Waals surface area contributed by atoms with Gasteiger partial charge in [-0.1, -0.05) is 6.08 Å². The Hall–Kier alpha value is -0.480. The lowest BCUT2D eigenvalue weighted by Crippen LogP contribution is -2.43. The van der Waals surface area contributed by atoms with E-state index in [0.29, 0.717) is 6.54 Å². The maximum Gasteiger partial charge on any atom is 0.280 e. The lowest BCUT2D eigenvalue weighted by Gasteiger charge is -2.23. The van der Waals surface area contributed by atoms with Crippen LogP contribution in [0.15, 0.2) is 12.2 Å². The summed E-state index contributed by atoms with van der Waals surface area (Å²) >= 11 is 0. The van der Waals surface area contributed by atoms with E-state index in [1.54, 1.807) is 0 Å². The van der Waals surface area contributed by atoms with Crippen LogP contribution in [-0.4, -0.2) is 24.0 Å². The molecule has 0 atom stereocenters. The number of hydrogen-bond donors (Lipinski definition) is 1. The molecule has 0 aromatic carbocycles. The van der Waals surface area contributed by atoms with E-state index in [1.165, 1.54) is 6.08 Å². The fourth-order valence-corrected chi connectivity index (χ4v) is 0.749. The number of nitrogens with two attached hydrogens (primary N) is 1. The summed E-state index contributed by atoms with van der Waals surface area (Å²) in [6.45, 7) is 0.0408. The molecule has 2 nitrogen and oxygen atoms in total. The molecular weight excluding hydrogens is 126 g/mol. The Kier molecular flexibility index (Phi) is 1.50. The second-order valence-electron chi connectivity index (χ2n) is 2.09. The molecule has 0 amide bonds. The van der Waals surface area contributed by atoms with Crippen LogP contribution in [0, 0.1) is 0 Å². The Morgan fingerprint density at radius 3 is 2.56 bits per heavy atom. The molecule has 0 aliphatic carbocycles. The van der Waals surface area contributed by atoms with Gasteiger partial charge < -0.3 is 0 Å². The van der Waals surface area contributed by atoms with Crippen LogP contribution in [0.25, 0.3) is 0 Å². The number of halogens is 2. The number of rotatable bonds is 0. The molecule has 1 heterocycles. The Morgan fingerprint density at radius 2 is 2.22 bits per heavy atom. The average Bonchev–Trinajstić information content (AvgIpc) is 1.60. The fourth-order valence-electron chi connectivity index (χ4n) is 0.749. The van der Waals surface area contributed by atoms with Crippen molar-refractivity contribution in [2.45, 2.75) is 5.92 Å². The Balaban J connectivity index is 2.60. The molecule has 1 aliphatic rings. The summed E-state index contributed by atoms with van der Waals surface area (Å²) < 4.78 is 24.5. The van der Waals surface area contributed by atoms with Gasteiger partial charge in [-0.05, 0) is 6.08 Å². The number of hydrogen-bond acceptors (Lipinski definition) is 2. The standard InChI is InChI=1S/C5H8F2N2/c6-5(7)2-1-3-9(8)4-5/h1-2H,3-4,8H2. The highest BCUT2D eigenvalue weighted by Gasteiger charge is 2.29. The average molecular weight is 134 g/mol. The van der Waals surface area contributed by atoms with Crippen LogP contribution >= 0.6 is 0 Å². The van der Waals surface area contributed by atoms with Gasteiger partial charge in [0.05, 0.1) is 6.54 Å². The first-order chi connectivity index (χ1) is 4.10. The van der Waals surface area contributed by atoms with Crippen molar-refractivity contribution in [1.29, 1.82) is 0 Å². The molecule has 0 radical (unpaired) electrons. The van der Waals surface area contributed by atoms with E-state index >= 15 is 0 Å². The van der Waals surface area contributed by atoms with Crippen LogP contribution in [0.4, 0.5) is 8.78 Å². The zero-order valence-electron chi connectivity index (χ0n) is 4.85. The molecule has 0 fully saturated rings. The second-order valence-corrected chi connectivity index (χ2v) is 2.09. The van der Waals surface area contributed by atoms with Crippen LogP contribution in [0.5, 0.6) is 0 Å². The van der Waals surface area contributed by atoms with Crippen molar-refractivity contribution in [3.05, 3.63) is 12.2 Å². The van der Waals surface area contributed by atoms with Crippen LogP contribution in [0.3, 0.4) is 0 Å². The molecule has 0 spiro atoms. The first-order valence-corrected chi connectivity index (χ1v) is 2.65. The van der Waals surface area contributed by atoms with Crippen LogP contribution in [0.2, 0.25) is 0 Å². The largest absolute Gasteiger partial charge is 0.280 e. The molecule has 0 saturated carbocycles. The van der Waals surface area contributed by atoms with E-state index in [1.807, 2.05) is 0 Å². The van der Waals surface area contributed by atoms with Gasteiger partial charge in [0.1, 0.15) is 0 Å². The van der Waals surface area contributed by atoms with Gasteiger partial charge in [-0.2, -0.15) is 0 Å². The van der Waals surface area contributed by atoms with Crippen molar-refractivity contribution in [3.8, 4) is 0 Å². The van der Waals surface area contributed by atoms with Crippen molar-refractivity contribution < 1.29 is 8.78 Å². The van der Waals surface area contributed by atoms with Gasteiger partial charge in [-0.25, -0.2) is 13.8 Å². The third-order valence-electron chi connectivity index (χ3n) is 1.12. The Bertz CT molecular complexity index is 133. The minimum absolute atomic E-state index is 0.372. The number of hydrazine groups is 1. The fraction of sp³-hybridized carbons (Fsp3) is 0.600. The highest BCUT2D eigenvalue weighted by atomic mass is 19.3. The predicted octanol–water partition coefficient (Wildman–Crippen LogP) is 0.367. The summed E-state index contributed by atoms with van der Waals surface area (Å²) in [7, 11) is 0. The lowest BCUT2D eigenvalue weighted by molar-refractivity contribution is 0.00835. The molecule has 4 heteroatoms. The van der Waals surface area contributed by atoms with E-state index in [9.17, 15) is 8.78 Å². The molecule has 0 unspecified atom stereocenters. The summed E-state index contributed by atoms with van der Waals surface area (Å²) in [5.74, 6) is 2.38. The maximum absolute atomic E-state index is 12.2. The van der Waals surface area contributed by atoms with Crippen molar-refractivity contribution in [2.75, 3.05) is 13.1 Å². The summed E-state index contributed by atoms with van der Waals surface area (Å²) in [5, 5.41) is 1.08. The zero-order chi connectivity index (χ0) is 6.91. The van der Waals surface area contributed by atoms with Gasteiger partial charge in [0.2, 0.25) is 0 Å². The molecule has 0 aromatic rings. The van der Waals surface area contributed by atoms with Gasteiger partial charge in [-0.3, -0.25) is 5.84 Å². The minimum Gasteiger partial charge on any atom is -0.268 e. The Morgan fingerprint density at radius 1 is 1.56 bits per heavy atom. The molecular formula is C5H8F2N2. The van der Waals surface area contributed by atoms with Crippen molar-refractivity contribution in [1.82, 2.24) is 5.01 Å². The molecule has 1 rings (SSSR count). The van der Waals surface area contributed by atoms with Gasteiger partial charge in [0.25, 0.3) is 5.92 Å². The van der Waals surface area contributed by atoms with Crippen LogP contribution in [0.1, 0.15) is 0 Å². The Labute approximate surface area is 51.9 Å². The zero-order valence-corrected chi connectivity index (χ0v) is 4.85. The van der Waals surface area contributed by atoms with E-state index in [2.05, 4.69) is 0 Å². The van der Waals surface area contributed by atoms with Crippen molar-refractivity contribution in [3.63, 3.8) is 0 Å². The predicted molar refractivity (Wildman–Crippen MR) is 29.8 cm³/mol. The quantitative estimate of drug-likeness (QED) is 0.383. The van der Waals surface area contributed by atoms with E-state index < -0.39 is 5.92 Å². The lowest BCUT2D eigenvalue weighted by atomic mass is 10.2. The number of alkyl halides is 2. The normalized spacial score (nSPS) is 26.6. The van der Waals surface area contributed by atoms with Crippen molar-refractivity contribution >= 4 is 0 Å². The third kappa shape index (κ3) is 1.73. The minimum atomic E-state index is -2.73. The summed E-state index contributed by atoms with van der Waals surface area (Å²) in [6.07, 6.45) is 2.25. The highest BCUT2D eigenvalue weighted by molar-refractivity contribution is 5.01. The van der Waals surface area contributed by atoms with E-state index in [-0.39, 0.29) is 6.54 Å². The molecule has 0 aromatic heterocycles. The monoisotopic (exact) mass is 134 g/mol. The molecule has 0 bridgehead atoms. The smallest absolute Gasteiger partial charge is 0.268 e. The highest BCUT2D eigenvalue weighted by Crippen LogP contribution is 2.18.